The number of ether oxygens (including phenoxy) is 1. The van der Waals surface area contributed by atoms with Crippen molar-refractivity contribution in [3.8, 4) is 11.5 Å². The van der Waals surface area contributed by atoms with E-state index in [4.69, 9.17) is 16.3 Å². The largest absolute Gasteiger partial charge is 0.867 e. The van der Waals surface area contributed by atoms with Gasteiger partial charge in [-0.15, -0.1) is 0 Å². The first-order chi connectivity index (χ1) is 11.3. The number of hydrogen-bond donors (Lipinski definition) is 0. The molecule has 0 bridgehead atoms. The van der Waals surface area contributed by atoms with Gasteiger partial charge in [-0.1, -0.05) is 11.6 Å². The quantitative estimate of drug-likeness (QED) is 0.462. The highest BCUT2D eigenvalue weighted by Gasteiger charge is 2.18. The van der Waals surface area contributed by atoms with Gasteiger partial charge in [0.15, 0.2) is 0 Å². The molecule has 2 aromatic carbocycles. The minimum Gasteiger partial charge on any atom is -0.867 e. The summed E-state index contributed by atoms with van der Waals surface area (Å²) in [5, 5.41) is 33.9. The molecule has 0 aliphatic heterocycles. The number of nitrogens with zero attached hydrogens (tertiary/aromatic N) is 3. The summed E-state index contributed by atoms with van der Waals surface area (Å²) in [6.45, 7) is 0. The molecular weight excluding hydrogens is 342 g/mol. The summed E-state index contributed by atoms with van der Waals surface area (Å²) in [7, 11) is 1.44. The molecule has 0 aliphatic rings. The lowest BCUT2D eigenvalue weighted by Gasteiger charge is -2.10. The van der Waals surface area contributed by atoms with Crippen LogP contribution in [0.1, 0.15) is 5.56 Å². The first-order valence-corrected chi connectivity index (χ1v) is 6.72. The van der Waals surface area contributed by atoms with E-state index < -0.39 is 27.0 Å². The van der Waals surface area contributed by atoms with Crippen LogP contribution in [0, 0.1) is 20.2 Å². The van der Waals surface area contributed by atoms with E-state index in [1.54, 1.807) is 6.07 Å². The van der Waals surface area contributed by atoms with Crippen molar-refractivity contribution in [2.24, 2.45) is 4.99 Å². The lowest BCUT2D eigenvalue weighted by molar-refractivity contribution is -0.403. The van der Waals surface area contributed by atoms with Crippen LogP contribution in [0.5, 0.6) is 11.5 Å². The molecule has 0 unspecified atom stereocenters. The molecule has 0 heterocycles. The third-order valence-electron chi connectivity index (χ3n) is 2.98. The number of hydrogen-bond acceptors (Lipinski definition) is 7. The summed E-state index contributed by atoms with van der Waals surface area (Å²) in [6.07, 6.45) is 1.01. The van der Waals surface area contributed by atoms with Crippen molar-refractivity contribution < 1.29 is 19.7 Å². The molecule has 9 nitrogen and oxygen atoms in total. The topological polar surface area (TPSA) is 131 Å². The lowest BCUT2D eigenvalue weighted by atomic mass is 10.1. The molecule has 0 spiro atoms. The molecule has 0 aromatic heterocycles. The van der Waals surface area contributed by atoms with Gasteiger partial charge in [-0.3, -0.25) is 25.2 Å². The summed E-state index contributed by atoms with van der Waals surface area (Å²) in [6, 6.07) is 6.07. The van der Waals surface area contributed by atoms with Crippen LogP contribution in [0.4, 0.5) is 17.1 Å². The van der Waals surface area contributed by atoms with Crippen molar-refractivity contribution in [3.05, 3.63) is 61.1 Å². The molecule has 0 atom stereocenters. The van der Waals surface area contributed by atoms with Crippen LogP contribution in [0.2, 0.25) is 5.02 Å². The van der Waals surface area contributed by atoms with E-state index in [2.05, 4.69) is 4.99 Å². The maximum Gasteiger partial charge on any atom is 0.276 e. The summed E-state index contributed by atoms with van der Waals surface area (Å²) in [5.74, 6) is -0.542. The van der Waals surface area contributed by atoms with Crippen LogP contribution in [-0.4, -0.2) is 23.2 Å². The van der Waals surface area contributed by atoms with Crippen LogP contribution < -0.4 is 9.84 Å². The van der Waals surface area contributed by atoms with E-state index in [1.165, 1.54) is 19.2 Å². The van der Waals surface area contributed by atoms with Gasteiger partial charge in [-0.25, -0.2) is 0 Å². The second-order valence-corrected chi connectivity index (χ2v) is 4.88. The Labute approximate surface area is 140 Å². The Morgan fingerprint density at radius 2 is 1.88 bits per heavy atom. The maximum absolute atomic E-state index is 12.0. The fraction of sp³-hybridized carbons (Fsp3) is 0.0714. The molecule has 0 saturated carbocycles. The molecule has 124 valence electrons. The van der Waals surface area contributed by atoms with Gasteiger partial charge in [0, 0.05) is 12.3 Å². The zero-order valence-corrected chi connectivity index (χ0v) is 12.9. The molecule has 0 amide bonds. The molecule has 0 radical (unpaired) electrons. The normalized spacial score (nSPS) is 10.8. The molecule has 2 rings (SSSR count). The van der Waals surface area contributed by atoms with Crippen molar-refractivity contribution >= 4 is 34.9 Å². The van der Waals surface area contributed by atoms with Gasteiger partial charge in [0.25, 0.3) is 11.4 Å². The Kier molecular flexibility index (Phi) is 4.95. The first kappa shape index (κ1) is 17.2. The van der Waals surface area contributed by atoms with Gasteiger partial charge in [0.05, 0.1) is 33.7 Å². The van der Waals surface area contributed by atoms with Crippen molar-refractivity contribution in [3.63, 3.8) is 0 Å². The minimum atomic E-state index is -0.975. The standard InChI is InChI=1S/C14H10ClN3O6/c1-24-13-3-2-9(5-11(13)15)16-7-8-4-10(17(20)21)6-12(14(8)19)18(22)23/h2-7,19H,1H3/p-1. The predicted octanol–water partition coefficient (Wildman–Crippen LogP) is 2.99. The van der Waals surface area contributed by atoms with Gasteiger partial charge in [-0.05, 0) is 29.5 Å². The van der Waals surface area contributed by atoms with Crippen LogP contribution in [0.15, 0.2) is 35.3 Å². The maximum atomic E-state index is 12.0. The van der Waals surface area contributed by atoms with Gasteiger partial charge in [0.1, 0.15) is 5.75 Å². The fourth-order valence-corrected chi connectivity index (χ4v) is 2.09. The fourth-order valence-electron chi connectivity index (χ4n) is 1.84. The first-order valence-electron chi connectivity index (χ1n) is 6.35. The molecular formula is C14H9ClN3O6-. The van der Waals surface area contributed by atoms with Gasteiger partial charge in [0.2, 0.25) is 0 Å². The smallest absolute Gasteiger partial charge is 0.276 e. The van der Waals surface area contributed by atoms with E-state index >= 15 is 0 Å². The second kappa shape index (κ2) is 6.92. The van der Waals surface area contributed by atoms with E-state index in [9.17, 15) is 25.3 Å². The lowest BCUT2D eigenvalue weighted by Crippen LogP contribution is -2.03. The highest BCUT2D eigenvalue weighted by Crippen LogP contribution is 2.32. The van der Waals surface area contributed by atoms with Crippen molar-refractivity contribution in [1.29, 1.82) is 0 Å². The number of nitro groups is 2. The van der Waals surface area contributed by atoms with Gasteiger partial charge < -0.3 is 9.84 Å². The van der Waals surface area contributed by atoms with Crippen molar-refractivity contribution in [1.82, 2.24) is 0 Å². The summed E-state index contributed by atoms with van der Waals surface area (Å²) in [5.41, 5.74) is -1.40. The summed E-state index contributed by atoms with van der Waals surface area (Å²) < 4.78 is 4.98. The highest BCUT2D eigenvalue weighted by molar-refractivity contribution is 6.32. The zero-order chi connectivity index (χ0) is 17.9. The van der Waals surface area contributed by atoms with Crippen LogP contribution in [0.25, 0.3) is 0 Å². The summed E-state index contributed by atoms with van der Waals surface area (Å²) in [4.78, 5) is 23.8. The molecule has 0 saturated heterocycles. The zero-order valence-electron chi connectivity index (χ0n) is 12.1. The van der Waals surface area contributed by atoms with Gasteiger partial charge >= 0.3 is 0 Å². The SMILES string of the molecule is COc1ccc(N=Cc2cc([N+](=O)[O-])cc([N+](=O)[O-])c2[O-])cc1Cl. The van der Waals surface area contributed by atoms with E-state index in [-0.39, 0.29) is 10.6 Å². The Balaban J connectivity index is 2.46. The van der Waals surface area contributed by atoms with Crippen LogP contribution in [-0.2, 0) is 0 Å². The molecule has 2 aromatic rings. The number of methoxy groups -OCH3 is 1. The number of rotatable bonds is 5. The number of benzene rings is 2. The van der Waals surface area contributed by atoms with Crippen LogP contribution in [0.3, 0.4) is 0 Å². The van der Waals surface area contributed by atoms with E-state index in [0.717, 1.165) is 12.3 Å². The molecule has 0 N–H and O–H groups in total. The highest BCUT2D eigenvalue weighted by atomic mass is 35.5. The predicted molar refractivity (Wildman–Crippen MR) is 84.5 cm³/mol. The Morgan fingerprint density at radius 1 is 1.17 bits per heavy atom. The Hall–Kier alpha value is -3.20. The number of nitro benzene ring substituents is 2. The molecule has 0 fully saturated rings. The minimum absolute atomic E-state index is 0.275. The summed E-state index contributed by atoms with van der Waals surface area (Å²) >= 11 is 5.94. The number of halogens is 1. The van der Waals surface area contributed by atoms with E-state index in [1.807, 2.05) is 0 Å². The van der Waals surface area contributed by atoms with E-state index in [0.29, 0.717) is 17.5 Å². The third kappa shape index (κ3) is 3.58. The third-order valence-corrected chi connectivity index (χ3v) is 3.27. The Bertz CT molecular complexity index is 853. The van der Waals surface area contributed by atoms with Crippen molar-refractivity contribution in [2.45, 2.75) is 0 Å². The second-order valence-electron chi connectivity index (χ2n) is 4.47. The molecule has 10 heteroatoms. The van der Waals surface area contributed by atoms with Crippen molar-refractivity contribution in [2.75, 3.05) is 7.11 Å². The average molecular weight is 351 g/mol. The number of aliphatic imine (C=N–C) groups is 1. The average Bonchev–Trinajstić information content (AvgIpc) is 2.53. The monoisotopic (exact) mass is 350 g/mol. The molecule has 24 heavy (non-hydrogen) atoms. The Morgan fingerprint density at radius 3 is 2.42 bits per heavy atom. The van der Waals surface area contributed by atoms with Crippen LogP contribution >= 0.6 is 11.6 Å². The molecule has 0 aliphatic carbocycles. The van der Waals surface area contributed by atoms with Gasteiger partial charge in [-0.2, -0.15) is 0 Å². The number of non-ortho nitro benzene ring substituents is 1.